The van der Waals surface area contributed by atoms with Gasteiger partial charge in [0.1, 0.15) is 5.75 Å². The summed E-state index contributed by atoms with van der Waals surface area (Å²) >= 11 is 0. The molecule has 0 spiro atoms. The molecule has 0 aliphatic carbocycles. The molecule has 0 radical (unpaired) electrons. The lowest BCUT2D eigenvalue weighted by atomic mass is 10.1. The van der Waals surface area contributed by atoms with Gasteiger partial charge in [-0.05, 0) is 61.7 Å². The van der Waals surface area contributed by atoms with Gasteiger partial charge in [-0.3, -0.25) is 25.2 Å². The maximum atomic E-state index is 11.9. The van der Waals surface area contributed by atoms with Crippen LogP contribution in [0.25, 0.3) is 0 Å². The topological polar surface area (TPSA) is 96.5 Å². The van der Waals surface area contributed by atoms with E-state index in [9.17, 15) is 14.4 Å². The Kier molecular flexibility index (Phi) is 7.56. The summed E-state index contributed by atoms with van der Waals surface area (Å²) in [5, 5.41) is 2.75. The fourth-order valence-corrected chi connectivity index (χ4v) is 2.36. The van der Waals surface area contributed by atoms with Crippen molar-refractivity contribution in [2.45, 2.75) is 33.6 Å². The van der Waals surface area contributed by atoms with Gasteiger partial charge in [-0.15, -0.1) is 0 Å². The smallest absolute Gasteiger partial charge is 0.276 e. The first-order chi connectivity index (χ1) is 13.3. The van der Waals surface area contributed by atoms with Gasteiger partial charge in [0.2, 0.25) is 11.8 Å². The van der Waals surface area contributed by atoms with Crippen molar-refractivity contribution in [3.8, 4) is 5.75 Å². The van der Waals surface area contributed by atoms with Gasteiger partial charge in [0.05, 0.1) is 0 Å². The minimum absolute atomic E-state index is 0.00835. The number of ether oxygens (including phenoxy) is 1. The first-order valence-corrected chi connectivity index (χ1v) is 8.98. The zero-order valence-electron chi connectivity index (χ0n) is 16.3. The first-order valence-electron chi connectivity index (χ1n) is 8.98. The number of anilines is 1. The normalized spacial score (nSPS) is 10.1. The molecular weight excluding hydrogens is 358 g/mol. The third-order valence-electron chi connectivity index (χ3n) is 4.07. The molecular formula is C21H25N3O4. The largest absolute Gasteiger partial charge is 0.484 e. The number of hydrogen-bond acceptors (Lipinski definition) is 4. The minimum Gasteiger partial charge on any atom is -0.484 e. The molecule has 7 heteroatoms. The average molecular weight is 383 g/mol. The van der Waals surface area contributed by atoms with Crippen LogP contribution in [0.1, 0.15) is 29.5 Å². The van der Waals surface area contributed by atoms with Gasteiger partial charge >= 0.3 is 0 Å². The Morgan fingerprint density at radius 2 is 1.54 bits per heavy atom. The number of carbonyl (C=O) groups excluding carboxylic acids is 3. The number of hydrazine groups is 1. The fraction of sp³-hybridized carbons (Fsp3) is 0.286. The predicted octanol–water partition coefficient (Wildman–Crippen LogP) is 2.56. The molecule has 0 atom stereocenters. The molecule has 0 unspecified atom stereocenters. The van der Waals surface area contributed by atoms with E-state index in [1.165, 1.54) is 0 Å². The molecule has 2 rings (SSSR count). The average Bonchev–Trinajstić information content (AvgIpc) is 2.66. The van der Waals surface area contributed by atoms with E-state index in [2.05, 4.69) is 16.2 Å². The van der Waals surface area contributed by atoms with Crippen LogP contribution in [0.5, 0.6) is 5.75 Å². The predicted molar refractivity (Wildman–Crippen MR) is 107 cm³/mol. The summed E-state index contributed by atoms with van der Waals surface area (Å²) in [5.74, 6) is -0.648. The number of hydrogen-bond donors (Lipinski definition) is 3. The summed E-state index contributed by atoms with van der Waals surface area (Å²) in [6.45, 7) is 5.65. The van der Waals surface area contributed by atoms with E-state index in [0.29, 0.717) is 11.4 Å². The molecule has 0 aliphatic rings. The highest BCUT2D eigenvalue weighted by Crippen LogP contribution is 2.14. The second-order valence-corrected chi connectivity index (χ2v) is 6.55. The van der Waals surface area contributed by atoms with Crippen LogP contribution < -0.4 is 20.9 Å². The van der Waals surface area contributed by atoms with Crippen molar-refractivity contribution in [2.75, 3.05) is 11.9 Å². The molecule has 148 valence electrons. The van der Waals surface area contributed by atoms with Crippen LogP contribution in [0, 0.1) is 20.8 Å². The second-order valence-electron chi connectivity index (χ2n) is 6.55. The Hall–Kier alpha value is -3.35. The van der Waals surface area contributed by atoms with E-state index < -0.39 is 11.8 Å². The Bertz CT molecular complexity index is 864. The van der Waals surface area contributed by atoms with Crippen LogP contribution >= 0.6 is 0 Å². The fourth-order valence-electron chi connectivity index (χ4n) is 2.36. The Labute approximate surface area is 164 Å². The number of aryl methyl sites for hydroxylation is 3. The molecule has 2 aromatic carbocycles. The molecule has 7 nitrogen and oxygen atoms in total. The molecule has 0 fully saturated rings. The van der Waals surface area contributed by atoms with E-state index in [0.717, 1.165) is 16.7 Å². The number of nitrogens with one attached hydrogen (secondary N) is 3. The van der Waals surface area contributed by atoms with Crippen molar-refractivity contribution < 1.29 is 19.1 Å². The van der Waals surface area contributed by atoms with Crippen molar-refractivity contribution in [3.05, 3.63) is 59.2 Å². The van der Waals surface area contributed by atoms with Gasteiger partial charge in [0.25, 0.3) is 5.91 Å². The van der Waals surface area contributed by atoms with Crippen molar-refractivity contribution in [1.82, 2.24) is 10.9 Å². The molecule has 0 aromatic heterocycles. The van der Waals surface area contributed by atoms with Crippen molar-refractivity contribution in [1.29, 1.82) is 0 Å². The highest BCUT2D eigenvalue weighted by atomic mass is 16.5. The lowest BCUT2D eigenvalue weighted by Crippen LogP contribution is -2.44. The monoisotopic (exact) mass is 383 g/mol. The summed E-state index contributed by atoms with van der Waals surface area (Å²) in [4.78, 5) is 35.4. The van der Waals surface area contributed by atoms with Crippen molar-refractivity contribution >= 4 is 23.4 Å². The third kappa shape index (κ3) is 7.11. The zero-order chi connectivity index (χ0) is 20.5. The highest BCUT2D eigenvalue weighted by Gasteiger charge is 2.09. The van der Waals surface area contributed by atoms with Gasteiger partial charge in [0.15, 0.2) is 6.61 Å². The summed E-state index contributed by atoms with van der Waals surface area (Å²) in [7, 11) is 0. The van der Waals surface area contributed by atoms with Gasteiger partial charge in [-0.1, -0.05) is 18.2 Å². The third-order valence-corrected chi connectivity index (χ3v) is 4.07. The molecule has 3 amide bonds. The van der Waals surface area contributed by atoms with Crippen LogP contribution in [0.3, 0.4) is 0 Å². The summed E-state index contributed by atoms with van der Waals surface area (Å²) in [6, 6.07) is 12.9. The summed E-state index contributed by atoms with van der Waals surface area (Å²) < 4.78 is 5.34. The maximum absolute atomic E-state index is 11.9. The van der Waals surface area contributed by atoms with Crippen LogP contribution in [0.4, 0.5) is 5.69 Å². The maximum Gasteiger partial charge on any atom is 0.276 e. The standard InChI is InChI=1S/C21H25N3O4/c1-14-5-4-6-18(11-14)28-13-21(27)24-23-20(26)10-9-19(25)22-17-8-7-15(2)16(3)12-17/h4-8,11-12H,9-10,13H2,1-3H3,(H,22,25)(H,23,26)(H,24,27). The van der Waals surface area contributed by atoms with Crippen molar-refractivity contribution in [3.63, 3.8) is 0 Å². The second kappa shape index (κ2) is 10.1. The zero-order valence-corrected chi connectivity index (χ0v) is 16.3. The van der Waals surface area contributed by atoms with E-state index in [1.807, 2.05) is 51.1 Å². The summed E-state index contributed by atoms with van der Waals surface area (Å²) in [6.07, 6.45) is -0.0376. The van der Waals surface area contributed by atoms with Gasteiger partial charge in [-0.2, -0.15) is 0 Å². The van der Waals surface area contributed by atoms with Gasteiger partial charge in [0, 0.05) is 18.5 Å². The SMILES string of the molecule is Cc1cccc(OCC(=O)NNC(=O)CCC(=O)Nc2ccc(C)c(C)c2)c1. The van der Waals surface area contributed by atoms with Crippen LogP contribution in [-0.4, -0.2) is 24.3 Å². The Morgan fingerprint density at radius 3 is 2.25 bits per heavy atom. The number of carbonyl (C=O) groups is 3. The van der Waals surface area contributed by atoms with Crippen LogP contribution in [-0.2, 0) is 14.4 Å². The Balaban J connectivity index is 1.65. The van der Waals surface area contributed by atoms with Crippen LogP contribution in [0.15, 0.2) is 42.5 Å². The number of amides is 3. The van der Waals surface area contributed by atoms with E-state index in [-0.39, 0.29) is 25.4 Å². The lowest BCUT2D eigenvalue weighted by Gasteiger charge is -2.10. The van der Waals surface area contributed by atoms with Gasteiger partial charge in [-0.25, -0.2) is 0 Å². The quantitative estimate of drug-likeness (QED) is 0.640. The Morgan fingerprint density at radius 1 is 0.821 bits per heavy atom. The number of benzene rings is 2. The minimum atomic E-state index is -0.491. The molecule has 0 heterocycles. The molecule has 0 bridgehead atoms. The molecule has 0 saturated heterocycles. The van der Waals surface area contributed by atoms with Crippen molar-refractivity contribution in [2.24, 2.45) is 0 Å². The van der Waals surface area contributed by atoms with Gasteiger partial charge < -0.3 is 10.1 Å². The van der Waals surface area contributed by atoms with Crippen LogP contribution in [0.2, 0.25) is 0 Å². The molecule has 28 heavy (non-hydrogen) atoms. The lowest BCUT2D eigenvalue weighted by molar-refractivity contribution is -0.130. The van der Waals surface area contributed by atoms with E-state index in [1.54, 1.807) is 12.1 Å². The number of rotatable bonds is 7. The molecule has 0 saturated carbocycles. The molecule has 2 aromatic rings. The highest BCUT2D eigenvalue weighted by molar-refractivity contribution is 5.93. The molecule has 3 N–H and O–H groups in total. The molecule has 0 aliphatic heterocycles. The first kappa shape index (κ1) is 21.0. The summed E-state index contributed by atoms with van der Waals surface area (Å²) in [5.41, 5.74) is 8.45. The van der Waals surface area contributed by atoms with E-state index in [4.69, 9.17) is 4.74 Å². The van der Waals surface area contributed by atoms with E-state index >= 15 is 0 Å².